The van der Waals surface area contributed by atoms with Crippen LogP contribution in [-0.2, 0) is 60.5 Å². The van der Waals surface area contributed by atoms with Gasteiger partial charge in [0, 0.05) is 0 Å². The zero-order chi connectivity index (χ0) is 22.1. The molecular formula is C16H26Cl3N4NaPt2S2-3. The van der Waals surface area contributed by atoms with E-state index in [4.69, 9.17) is 40.8 Å². The Morgan fingerprint density at radius 2 is 1.00 bits per heavy atom. The van der Waals surface area contributed by atoms with Crippen molar-refractivity contribution < 1.29 is 64.8 Å². The van der Waals surface area contributed by atoms with Gasteiger partial charge < -0.3 is 50.6 Å². The quantitative estimate of drug-likeness (QED) is 0.160. The second-order valence-corrected chi connectivity index (χ2v) is 9.18. The van der Waals surface area contributed by atoms with Crippen LogP contribution in [0.15, 0.2) is 0 Å². The first-order valence-corrected chi connectivity index (χ1v) is 17.2. The molecule has 4 nitrogen and oxygen atoms in total. The molecule has 2 fully saturated rings. The summed E-state index contributed by atoms with van der Waals surface area (Å²) in [6.07, 6.45) is 9.60. The Balaban J connectivity index is -0.0000000827. The van der Waals surface area contributed by atoms with Crippen LogP contribution in [0.4, 0.5) is 0 Å². The molecule has 4 unspecified atom stereocenters. The van der Waals surface area contributed by atoms with E-state index in [0.717, 1.165) is 12.8 Å². The van der Waals surface area contributed by atoms with Crippen molar-refractivity contribution in [1.82, 2.24) is 0 Å². The van der Waals surface area contributed by atoms with Crippen LogP contribution in [0.5, 0.6) is 0 Å². The van der Waals surface area contributed by atoms with Crippen molar-refractivity contribution in [1.29, 1.82) is 10.5 Å². The molecule has 0 spiro atoms. The molecule has 0 aliphatic heterocycles. The van der Waals surface area contributed by atoms with E-state index in [0.29, 0.717) is 11.8 Å². The average Bonchev–Trinajstić information content (AvgIpc) is 2.64. The number of hydrogen-bond donors (Lipinski definition) is 0. The summed E-state index contributed by atoms with van der Waals surface area (Å²) >= 11 is 8.54. The molecule has 0 saturated heterocycles. The third-order valence-corrected chi connectivity index (χ3v) is 3.82. The molecule has 0 aromatic carbocycles. The van der Waals surface area contributed by atoms with Crippen LogP contribution in [0.25, 0.3) is 11.5 Å². The maximum Gasteiger partial charge on any atom is 1.00 e. The summed E-state index contributed by atoms with van der Waals surface area (Å²) in [6, 6.07) is 0.285. The summed E-state index contributed by atoms with van der Waals surface area (Å²) in [6.45, 7) is 7.78. The molecule has 167 valence electrons. The Kier molecular flexibility index (Phi) is 53.9. The number of halogens is 3. The molecule has 2 saturated carbocycles. The Morgan fingerprint density at radius 3 is 1.11 bits per heavy atom. The number of rotatable bonds is 0. The molecule has 0 aromatic rings. The van der Waals surface area contributed by atoms with Crippen LogP contribution in [0, 0.1) is 47.0 Å². The summed E-state index contributed by atoms with van der Waals surface area (Å²) < 4.78 is 0. The molecule has 2 rings (SSSR count). The minimum atomic E-state index is -0.472. The minimum Gasteiger partial charge on any atom is 1.00 e. The van der Waals surface area contributed by atoms with Gasteiger partial charge in [0.05, 0.1) is 0 Å². The van der Waals surface area contributed by atoms with Gasteiger partial charge >= 0.3 is 93.1 Å². The summed E-state index contributed by atoms with van der Waals surface area (Å²) in [5.74, 6) is 0.840. The van der Waals surface area contributed by atoms with E-state index >= 15 is 0 Å². The van der Waals surface area contributed by atoms with E-state index < -0.39 is 16.5 Å². The van der Waals surface area contributed by atoms with Crippen molar-refractivity contribution in [2.24, 2.45) is 11.8 Å². The fraction of sp³-hybridized carbons (Fsp3) is 0.750. The minimum absolute atomic E-state index is 0. The summed E-state index contributed by atoms with van der Waals surface area (Å²) in [7, 11) is 14.4. The molecular weight excluding hydrogens is 832 g/mol. The first kappa shape index (κ1) is 40.9. The van der Waals surface area contributed by atoms with Gasteiger partial charge in [0.15, 0.2) is 0 Å². The monoisotopic (exact) mass is 856 g/mol. The Labute approximate surface area is 237 Å². The zero-order valence-electron chi connectivity index (χ0n) is 15.9. The number of nitrogens with zero attached hydrogens (tertiary/aromatic N) is 2. The normalized spacial score (nSPS) is 24.2. The smallest absolute Gasteiger partial charge is 1.00 e. The van der Waals surface area contributed by atoms with Crippen molar-refractivity contribution in [2.45, 2.75) is 63.5 Å². The van der Waals surface area contributed by atoms with Crippen LogP contribution in [0.3, 0.4) is 0 Å². The van der Waals surface area contributed by atoms with E-state index in [9.17, 15) is 0 Å². The molecule has 0 bridgehead atoms. The van der Waals surface area contributed by atoms with Crippen LogP contribution < -0.4 is 29.6 Å². The molecule has 2 aliphatic rings. The molecule has 12 heteroatoms. The number of nitriles is 2. The number of thiocyanates is 2. The molecule has 0 radical (unpaired) electrons. The van der Waals surface area contributed by atoms with Crippen molar-refractivity contribution >= 4 is 53.5 Å². The zero-order valence-corrected chi connectivity index (χ0v) is 26.3. The maximum absolute atomic E-state index is 7.42. The number of nitrogens with one attached hydrogen (secondary N) is 2. The molecule has 2 aliphatic carbocycles. The predicted octanol–water partition coefficient (Wildman–Crippen LogP) is 3.96. The van der Waals surface area contributed by atoms with Gasteiger partial charge in [0.25, 0.3) is 0 Å². The van der Waals surface area contributed by atoms with E-state index in [-0.39, 0.29) is 41.6 Å². The standard InChI is InChI=1S/2C7H13N.2CHNS.3ClH.Na.2Pt/c2*1-6-4-2-3-5-7(6)8;2*2-1-3;;;;;;/h2*6-8H,1-5H2;2*3H;3*1H;;;/q2*-2;;;;;;2*+1;+4/p-5. The van der Waals surface area contributed by atoms with Gasteiger partial charge in [0.2, 0.25) is 0 Å². The first-order chi connectivity index (χ1) is 12.9. The van der Waals surface area contributed by atoms with Gasteiger partial charge in [-0.25, -0.2) is 10.5 Å². The fourth-order valence-corrected chi connectivity index (χ4v) is 2.42. The largest absolute Gasteiger partial charge is 1.00 e. The van der Waals surface area contributed by atoms with Crippen molar-refractivity contribution in [3.63, 3.8) is 0 Å². The van der Waals surface area contributed by atoms with Gasteiger partial charge in [0.1, 0.15) is 0 Å². The van der Waals surface area contributed by atoms with Crippen LogP contribution in [-0.4, -0.2) is 12.1 Å². The van der Waals surface area contributed by atoms with Gasteiger partial charge in [-0.05, 0) is 0 Å². The SMILES string of the molecule is N#C[S-].N#C[S-].[CH2-]C1CCCCC1[NH-].[CH2-]C1CCCCC1[NH-].[Cl][Pt+2][Cl].[Cl][Pt].[Na+]. The van der Waals surface area contributed by atoms with E-state index in [2.05, 4.69) is 48.5 Å². The molecule has 0 amide bonds. The van der Waals surface area contributed by atoms with Crippen molar-refractivity contribution in [3.05, 3.63) is 25.3 Å². The van der Waals surface area contributed by atoms with Crippen molar-refractivity contribution in [3.8, 4) is 10.8 Å². The van der Waals surface area contributed by atoms with Crippen LogP contribution >= 0.6 is 28.3 Å². The summed E-state index contributed by atoms with van der Waals surface area (Å²) in [4.78, 5) is 0. The van der Waals surface area contributed by atoms with E-state index in [1.165, 1.54) is 49.3 Å². The predicted molar refractivity (Wildman–Crippen MR) is 114 cm³/mol. The Bertz CT molecular complexity index is 316. The Hall–Kier alpha value is 2.59. The second kappa shape index (κ2) is 36.9. The van der Waals surface area contributed by atoms with E-state index in [1.807, 2.05) is 0 Å². The molecule has 4 atom stereocenters. The van der Waals surface area contributed by atoms with Gasteiger partial charge in [-0.15, -0.1) is 0 Å². The number of hydrogen-bond acceptors (Lipinski definition) is 4. The third-order valence-electron chi connectivity index (χ3n) is 3.82. The summed E-state index contributed by atoms with van der Waals surface area (Å²) in [5, 5.41) is 16.9. The van der Waals surface area contributed by atoms with Gasteiger partial charge in [-0.3, -0.25) is 0 Å². The topological polar surface area (TPSA) is 95.2 Å². The molecule has 2 N–H and O–H groups in total. The Morgan fingerprint density at radius 1 is 0.821 bits per heavy atom. The summed E-state index contributed by atoms with van der Waals surface area (Å²) in [5.41, 5.74) is 14.8. The van der Waals surface area contributed by atoms with Gasteiger partial charge in [-0.2, -0.15) is 23.9 Å². The van der Waals surface area contributed by atoms with Gasteiger partial charge in [-0.1, -0.05) is 62.2 Å². The molecule has 28 heavy (non-hydrogen) atoms. The third kappa shape index (κ3) is 36.0. The average molecular weight is 858 g/mol. The van der Waals surface area contributed by atoms with Crippen LogP contribution in [0.2, 0.25) is 0 Å². The van der Waals surface area contributed by atoms with E-state index in [1.54, 1.807) is 18.8 Å². The fourth-order valence-electron chi connectivity index (χ4n) is 2.42. The van der Waals surface area contributed by atoms with Crippen molar-refractivity contribution in [2.75, 3.05) is 0 Å². The maximum atomic E-state index is 7.42. The first-order valence-electron chi connectivity index (χ1n) is 7.91. The molecule has 0 aromatic heterocycles. The molecule has 0 heterocycles. The van der Waals surface area contributed by atoms with Crippen LogP contribution in [0.1, 0.15) is 51.4 Å². The second-order valence-electron chi connectivity index (χ2n) is 5.53.